The third-order valence-corrected chi connectivity index (χ3v) is 5.41. The summed E-state index contributed by atoms with van der Waals surface area (Å²) < 4.78 is 1.80. The summed E-state index contributed by atoms with van der Waals surface area (Å²) in [6.45, 7) is 8.58. The highest BCUT2D eigenvalue weighted by molar-refractivity contribution is 6.30. The van der Waals surface area contributed by atoms with Crippen molar-refractivity contribution in [3.05, 3.63) is 35.0 Å². The van der Waals surface area contributed by atoms with Crippen LogP contribution in [0.25, 0.3) is 11.0 Å². The number of aryl methyl sites for hydroxylation is 2. The van der Waals surface area contributed by atoms with Gasteiger partial charge in [-0.2, -0.15) is 15.1 Å². The number of aromatic nitrogens is 4. The lowest BCUT2D eigenvalue weighted by Gasteiger charge is -2.35. The van der Waals surface area contributed by atoms with Gasteiger partial charge in [-0.15, -0.1) is 0 Å². The summed E-state index contributed by atoms with van der Waals surface area (Å²) in [7, 11) is 1.91. The van der Waals surface area contributed by atoms with Crippen molar-refractivity contribution in [3.8, 4) is 0 Å². The summed E-state index contributed by atoms with van der Waals surface area (Å²) in [4.78, 5) is 12.0. The number of piperidine rings is 1. The van der Waals surface area contributed by atoms with E-state index in [1.54, 1.807) is 4.68 Å². The van der Waals surface area contributed by atoms with E-state index in [4.69, 9.17) is 21.6 Å². The predicted molar refractivity (Wildman–Crippen MR) is 111 cm³/mol. The van der Waals surface area contributed by atoms with Crippen LogP contribution >= 0.6 is 11.6 Å². The number of hydrogen-bond donors (Lipinski definition) is 1. The molecule has 0 amide bonds. The molecule has 0 spiro atoms. The second kappa shape index (κ2) is 7.00. The molecule has 0 radical (unpaired) electrons. The second-order valence-electron chi connectivity index (χ2n) is 7.81. The second-order valence-corrected chi connectivity index (χ2v) is 8.25. The van der Waals surface area contributed by atoms with Crippen LogP contribution in [0.1, 0.15) is 25.8 Å². The minimum atomic E-state index is 0.634. The van der Waals surface area contributed by atoms with Crippen molar-refractivity contribution < 1.29 is 0 Å². The minimum absolute atomic E-state index is 0.634. The van der Waals surface area contributed by atoms with Crippen LogP contribution in [0.5, 0.6) is 0 Å². The molecule has 1 saturated heterocycles. The molecule has 2 unspecified atom stereocenters. The lowest BCUT2D eigenvalue weighted by molar-refractivity contribution is 0.354. The molecule has 1 aliphatic rings. The molecule has 4 rings (SSSR count). The maximum absolute atomic E-state index is 6.10. The van der Waals surface area contributed by atoms with Gasteiger partial charge in [-0.25, -0.2) is 0 Å². The minimum Gasteiger partial charge on any atom is -0.340 e. The van der Waals surface area contributed by atoms with Crippen molar-refractivity contribution in [1.29, 1.82) is 0 Å². The number of rotatable bonds is 3. The molecule has 0 bridgehead atoms. The van der Waals surface area contributed by atoms with E-state index in [0.29, 0.717) is 11.8 Å². The first-order chi connectivity index (χ1) is 12.9. The van der Waals surface area contributed by atoms with Gasteiger partial charge in [0, 0.05) is 30.8 Å². The number of nitrogens with one attached hydrogen (secondary N) is 1. The van der Waals surface area contributed by atoms with Crippen LogP contribution in [0.2, 0.25) is 5.02 Å². The van der Waals surface area contributed by atoms with Crippen LogP contribution in [0.4, 0.5) is 17.5 Å². The van der Waals surface area contributed by atoms with E-state index in [1.807, 2.05) is 38.4 Å². The lowest BCUT2D eigenvalue weighted by Crippen LogP contribution is -2.39. The third-order valence-electron chi connectivity index (χ3n) is 5.17. The van der Waals surface area contributed by atoms with E-state index in [0.717, 1.165) is 52.2 Å². The van der Waals surface area contributed by atoms with Gasteiger partial charge in [0.25, 0.3) is 0 Å². The monoisotopic (exact) mass is 384 g/mol. The Bertz CT molecular complexity index is 972. The molecule has 0 aliphatic carbocycles. The molecule has 3 heterocycles. The van der Waals surface area contributed by atoms with Crippen LogP contribution < -0.4 is 10.2 Å². The summed E-state index contributed by atoms with van der Waals surface area (Å²) >= 11 is 6.10. The van der Waals surface area contributed by atoms with E-state index in [2.05, 4.69) is 29.2 Å². The summed E-state index contributed by atoms with van der Waals surface area (Å²) in [6, 6.07) is 5.81. The fourth-order valence-corrected chi connectivity index (χ4v) is 4.20. The van der Waals surface area contributed by atoms with Crippen molar-refractivity contribution >= 4 is 40.1 Å². The molecule has 3 aromatic rings. The number of anilines is 3. The topological polar surface area (TPSA) is 58.9 Å². The molecule has 7 heteroatoms. The normalized spacial score (nSPS) is 20.3. The van der Waals surface area contributed by atoms with Crippen molar-refractivity contribution in [2.75, 3.05) is 23.3 Å². The average molecular weight is 385 g/mol. The average Bonchev–Trinajstić information content (AvgIpc) is 2.98. The maximum Gasteiger partial charge on any atom is 0.229 e. The number of fused-ring (bicyclic) bond motifs is 1. The molecular formula is C20H25ClN6. The Balaban J connectivity index is 1.77. The van der Waals surface area contributed by atoms with E-state index in [1.165, 1.54) is 6.42 Å². The highest BCUT2D eigenvalue weighted by Gasteiger charge is 2.25. The molecule has 1 N–H and O–H groups in total. The fourth-order valence-electron chi connectivity index (χ4n) is 3.97. The van der Waals surface area contributed by atoms with E-state index < -0.39 is 0 Å². The standard InChI is InChI=1S/C20H25ClN6/c1-12-7-13(2)11-27(10-12)20-24-18(16-9-22-26(4)19(16)25-20)23-17-6-5-15(21)8-14(17)3/h5-6,8-9,12-13H,7,10-11H2,1-4H3,(H,23,24,25). The Morgan fingerprint density at radius 2 is 1.89 bits per heavy atom. The largest absolute Gasteiger partial charge is 0.340 e. The molecule has 27 heavy (non-hydrogen) atoms. The highest BCUT2D eigenvalue weighted by Crippen LogP contribution is 2.30. The van der Waals surface area contributed by atoms with Crippen LogP contribution in [0.3, 0.4) is 0 Å². The molecule has 142 valence electrons. The number of nitrogens with zero attached hydrogens (tertiary/aromatic N) is 5. The Hall–Kier alpha value is -2.34. The predicted octanol–water partition coefficient (Wildman–Crippen LogP) is 4.55. The van der Waals surface area contributed by atoms with Gasteiger partial charge < -0.3 is 10.2 Å². The van der Waals surface area contributed by atoms with Crippen molar-refractivity contribution in [3.63, 3.8) is 0 Å². The Morgan fingerprint density at radius 1 is 1.15 bits per heavy atom. The molecule has 2 aromatic heterocycles. The van der Waals surface area contributed by atoms with Crippen LogP contribution in [0.15, 0.2) is 24.4 Å². The Morgan fingerprint density at radius 3 is 2.59 bits per heavy atom. The first-order valence-corrected chi connectivity index (χ1v) is 9.76. The smallest absolute Gasteiger partial charge is 0.229 e. The zero-order valence-electron chi connectivity index (χ0n) is 16.2. The van der Waals surface area contributed by atoms with Gasteiger partial charge in [0.05, 0.1) is 11.6 Å². The van der Waals surface area contributed by atoms with Gasteiger partial charge in [0.1, 0.15) is 5.82 Å². The van der Waals surface area contributed by atoms with Gasteiger partial charge in [0.2, 0.25) is 5.95 Å². The third kappa shape index (κ3) is 3.58. The fraction of sp³-hybridized carbons (Fsp3) is 0.450. The quantitative estimate of drug-likeness (QED) is 0.717. The molecule has 1 aliphatic heterocycles. The lowest BCUT2D eigenvalue weighted by atomic mass is 9.92. The number of hydrogen-bond acceptors (Lipinski definition) is 5. The van der Waals surface area contributed by atoms with Gasteiger partial charge in [-0.05, 0) is 48.9 Å². The Kier molecular flexibility index (Phi) is 4.68. The van der Waals surface area contributed by atoms with Gasteiger partial charge >= 0.3 is 0 Å². The summed E-state index contributed by atoms with van der Waals surface area (Å²) in [5.41, 5.74) is 2.88. The molecule has 1 fully saturated rings. The number of halogens is 1. The van der Waals surface area contributed by atoms with E-state index in [-0.39, 0.29) is 0 Å². The van der Waals surface area contributed by atoms with E-state index >= 15 is 0 Å². The zero-order valence-corrected chi connectivity index (χ0v) is 17.0. The Labute approximate surface area is 164 Å². The molecule has 1 aromatic carbocycles. The van der Waals surface area contributed by atoms with Crippen molar-refractivity contribution in [2.45, 2.75) is 27.2 Å². The van der Waals surface area contributed by atoms with Crippen molar-refractivity contribution in [1.82, 2.24) is 19.7 Å². The summed E-state index contributed by atoms with van der Waals surface area (Å²) in [5, 5.41) is 9.49. The first-order valence-electron chi connectivity index (χ1n) is 9.38. The van der Waals surface area contributed by atoms with E-state index in [9.17, 15) is 0 Å². The maximum atomic E-state index is 6.10. The van der Waals surface area contributed by atoms with Gasteiger partial charge in [0.15, 0.2) is 5.65 Å². The van der Waals surface area contributed by atoms with Crippen LogP contribution in [-0.4, -0.2) is 32.8 Å². The molecular weight excluding hydrogens is 360 g/mol. The molecule has 2 atom stereocenters. The molecule has 6 nitrogen and oxygen atoms in total. The summed E-state index contributed by atoms with van der Waals surface area (Å²) in [6.07, 6.45) is 3.06. The van der Waals surface area contributed by atoms with Gasteiger partial charge in [-0.3, -0.25) is 4.68 Å². The first kappa shape index (κ1) is 18.0. The SMILES string of the molecule is Cc1cc(Cl)ccc1Nc1nc(N2CC(C)CC(C)C2)nc2c1cnn2C. The number of benzene rings is 1. The van der Waals surface area contributed by atoms with Crippen molar-refractivity contribution in [2.24, 2.45) is 18.9 Å². The van der Waals surface area contributed by atoms with Crippen LogP contribution in [-0.2, 0) is 7.05 Å². The summed E-state index contributed by atoms with van der Waals surface area (Å²) in [5.74, 6) is 2.81. The van der Waals surface area contributed by atoms with Gasteiger partial charge in [-0.1, -0.05) is 25.4 Å². The van der Waals surface area contributed by atoms with Crippen LogP contribution in [0, 0.1) is 18.8 Å². The zero-order chi connectivity index (χ0) is 19.1. The molecule has 0 saturated carbocycles. The highest BCUT2D eigenvalue weighted by atomic mass is 35.5.